The van der Waals surface area contributed by atoms with Crippen molar-refractivity contribution in [1.29, 1.82) is 0 Å². The van der Waals surface area contributed by atoms with Gasteiger partial charge in [0.15, 0.2) is 5.82 Å². The summed E-state index contributed by atoms with van der Waals surface area (Å²) < 4.78 is 28.6. The van der Waals surface area contributed by atoms with Gasteiger partial charge in [-0.3, -0.25) is 0 Å². The predicted octanol–water partition coefficient (Wildman–Crippen LogP) is 5.16. The van der Waals surface area contributed by atoms with Crippen molar-refractivity contribution in [3.05, 3.63) is 57.0 Å². The molecule has 2 rings (SSSR count). The number of nitrogens with one attached hydrogen (secondary N) is 1. The van der Waals surface area contributed by atoms with Crippen LogP contribution >= 0.6 is 27.5 Å². The molecule has 0 spiro atoms. The molecular formula is C15H13BrClF2N. The Labute approximate surface area is 130 Å². The lowest BCUT2D eigenvalue weighted by Crippen LogP contribution is -2.11. The minimum Gasteiger partial charge on any atom is -0.313 e. The lowest BCUT2D eigenvalue weighted by Gasteiger charge is -2.10. The van der Waals surface area contributed by atoms with Crippen molar-refractivity contribution in [3.8, 4) is 11.1 Å². The molecule has 0 saturated heterocycles. The summed E-state index contributed by atoms with van der Waals surface area (Å²) in [6.45, 7) is 3.40. The van der Waals surface area contributed by atoms with Crippen LogP contribution in [-0.2, 0) is 6.54 Å². The van der Waals surface area contributed by atoms with Gasteiger partial charge in [-0.25, -0.2) is 8.78 Å². The second kappa shape index (κ2) is 6.66. The summed E-state index contributed by atoms with van der Waals surface area (Å²) in [5, 5.41) is 3.11. The van der Waals surface area contributed by atoms with E-state index in [4.69, 9.17) is 11.6 Å². The molecule has 0 saturated carbocycles. The average molecular weight is 361 g/mol. The molecule has 0 radical (unpaired) electrons. The summed E-state index contributed by atoms with van der Waals surface area (Å²) in [7, 11) is 0. The van der Waals surface area contributed by atoms with Crippen LogP contribution in [0.15, 0.2) is 34.8 Å². The van der Waals surface area contributed by atoms with E-state index in [1.165, 1.54) is 12.1 Å². The van der Waals surface area contributed by atoms with Crippen molar-refractivity contribution in [2.45, 2.75) is 13.5 Å². The SMILES string of the molecule is CCNCc1ccc(F)c(-c2ccc(Br)c(Cl)c2F)c1. The minimum absolute atomic E-state index is 0.0426. The summed E-state index contributed by atoms with van der Waals surface area (Å²) in [6.07, 6.45) is 0. The molecule has 0 aliphatic heterocycles. The Balaban J connectivity index is 2.49. The van der Waals surface area contributed by atoms with Crippen LogP contribution in [0, 0.1) is 11.6 Å². The average Bonchev–Trinajstić information content (AvgIpc) is 2.45. The van der Waals surface area contributed by atoms with Crippen molar-refractivity contribution >= 4 is 27.5 Å². The lowest BCUT2D eigenvalue weighted by atomic mass is 10.0. The first-order valence-corrected chi connectivity index (χ1v) is 7.34. The molecule has 106 valence electrons. The van der Waals surface area contributed by atoms with Crippen molar-refractivity contribution in [1.82, 2.24) is 5.32 Å². The van der Waals surface area contributed by atoms with Crippen molar-refractivity contribution in [3.63, 3.8) is 0 Å². The van der Waals surface area contributed by atoms with Crippen molar-refractivity contribution < 1.29 is 8.78 Å². The molecule has 0 fully saturated rings. The van der Waals surface area contributed by atoms with E-state index in [0.29, 0.717) is 11.0 Å². The number of halogens is 4. The Morgan fingerprint density at radius 1 is 1.15 bits per heavy atom. The second-order valence-corrected chi connectivity index (χ2v) is 5.55. The minimum atomic E-state index is -0.624. The van der Waals surface area contributed by atoms with Gasteiger partial charge in [-0.05, 0) is 46.2 Å². The number of hydrogen-bond donors (Lipinski definition) is 1. The fraction of sp³-hybridized carbons (Fsp3) is 0.200. The molecule has 0 unspecified atom stereocenters. The van der Waals surface area contributed by atoms with Crippen LogP contribution in [0.1, 0.15) is 12.5 Å². The third-order valence-corrected chi connectivity index (χ3v) is 4.19. The molecule has 5 heteroatoms. The Morgan fingerprint density at radius 3 is 2.60 bits per heavy atom. The van der Waals surface area contributed by atoms with E-state index >= 15 is 0 Å². The third kappa shape index (κ3) is 3.19. The van der Waals surface area contributed by atoms with Crippen LogP contribution in [0.5, 0.6) is 0 Å². The highest BCUT2D eigenvalue weighted by atomic mass is 79.9. The molecule has 0 aliphatic rings. The van der Waals surface area contributed by atoms with Gasteiger partial charge >= 0.3 is 0 Å². The topological polar surface area (TPSA) is 12.0 Å². The predicted molar refractivity (Wildman–Crippen MR) is 81.9 cm³/mol. The first-order chi connectivity index (χ1) is 9.54. The Kier molecular flexibility index (Phi) is 5.13. The molecule has 0 atom stereocenters. The van der Waals surface area contributed by atoms with Gasteiger partial charge in [0, 0.05) is 22.1 Å². The van der Waals surface area contributed by atoms with Gasteiger partial charge in [0.1, 0.15) is 5.82 Å². The van der Waals surface area contributed by atoms with Gasteiger partial charge in [-0.1, -0.05) is 30.7 Å². The highest BCUT2D eigenvalue weighted by Gasteiger charge is 2.15. The molecule has 1 nitrogen and oxygen atoms in total. The first-order valence-electron chi connectivity index (χ1n) is 6.17. The zero-order chi connectivity index (χ0) is 14.7. The summed E-state index contributed by atoms with van der Waals surface area (Å²) in [5.41, 5.74) is 1.27. The quantitative estimate of drug-likeness (QED) is 0.743. The zero-order valence-electron chi connectivity index (χ0n) is 10.8. The van der Waals surface area contributed by atoms with Crippen molar-refractivity contribution in [2.75, 3.05) is 6.54 Å². The molecule has 0 amide bonds. The van der Waals surface area contributed by atoms with E-state index in [1.807, 2.05) is 6.92 Å². The van der Waals surface area contributed by atoms with E-state index in [9.17, 15) is 8.78 Å². The molecule has 0 bridgehead atoms. The molecule has 2 aromatic rings. The number of benzene rings is 2. The highest BCUT2D eigenvalue weighted by molar-refractivity contribution is 9.10. The zero-order valence-corrected chi connectivity index (χ0v) is 13.2. The summed E-state index contributed by atoms with van der Waals surface area (Å²) in [4.78, 5) is 0. The van der Waals surface area contributed by atoms with Gasteiger partial charge in [0.2, 0.25) is 0 Å². The lowest BCUT2D eigenvalue weighted by molar-refractivity contribution is 0.615. The van der Waals surface area contributed by atoms with E-state index in [-0.39, 0.29) is 16.1 Å². The maximum absolute atomic E-state index is 14.2. The summed E-state index contributed by atoms with van der Waals surface area (Å²) in [5.74, 6) is -1.09. The highest BCUT2D eigenvalue weighted by Crippen LogP contribution is 2.34. The maximum atomic E-state index is 14.2. The molecule has 0 heterocycles. The fourth-order valence-electron chi connectivity index (χ4n) is 1.89. The van der Waals surface area contributed by atoms with Crippen LogP contribution in [0.2, 0.25) is 5.02 Å². The first kappa shape index (κ1) is 15.4. The molecule has 2 aromatic carbocycles. The van der Waals surface area contributed by atoms with E-state index in [0.717, 1.165) is 12.1 Å². The Bertz CT molecular complexity index is 632. The van der Waals surface area contributed by atoms with Gasteiger partial charge < -0.3 is 5.32 Å². The van der Waals surface area contributed by atoms with Crippen LogP contribution in [0.3, 0.4) is 0 Å². The van der Waals surface area contributed by atoms with Crippen molar-refractivity contribution in [2.24, 2.45) is 0 Å². The van der Waals surface area contributed by atoms with E-state index < -0.39 is 11.6 Å². The van der Waals surface area contributed by atoms with Crippen LogP contribution in [-0.4, -0.2) is 6.54 Å². The van der Waals surface area contributed by atoms with Crippen LogP contribution in [0.25, 0.3) is 11.1 Å². The molecular weight excluding hydrogens is 348 g/mol. The summed E-state index contributed by atoms with van der Waals surface area (Å²) >= 11 is 9.00. The smallest absolute Gasteiger partial charge is 0.150 e. The summed E-state index contributed by atoms with van der Waals surface area (Å²) in [6, 6.07) is 7.79. The van der Waals surface area contributed by atoms with Gasteiger partial charge in [-0.15, -0.1) is 0 Å². The van der Waals surface area contributed by atoms with E-state index in [2.05, 4.69) is 21.2 Å². The molecule has 0 aliphatic carbocycles. The van der Waals surface area contributed by atoms with Crippen LogP contribution < -0.4 is 5.32 Å². The molecule has 1 N–H and O–H groups in total. The Hall–Kier alpha value is -0.970. The normalized spacial score (nSPS) is 10.8. The largest absolute Gasteiger partial charge is 0.313 e. The maximum Gasteiger partial charge on any atom is 0.150 e. The number of rotatable bonds is 4. The number of hydrogen-bond acceptors (Lipinski definition) is 1. The van der Waals surface area contributed by atoms with Gasteiger partial charge in [0.05, 0.1) is 5.02 Å². The van der Waals surface area contributed by atoms with E-state index in [1.54, 1.807) is 18.2 Å². The van der Waals surface area contributed by atoms with Gasteiger partial charge in [0.25, 0.3) is 0 Å². The molecule has 20 heavy (non-hydrogen) atoms. The molecule has 0 aromatic heterocycles. The van der Waals surface area contributed by atoms with Gasteiger partial charge in [-0.2, -0.15) is 0 Å². The standard InChI is InChI=1S/C15H13BrClF2N/c1-2-20-8-9-3-6-13(18)11(7-9)10-4-5-12(16)14(17)15(10)19/h3-7,20H,2,8H2,1H3. The second-order valence-electron chi connectivity index (χ2n) is 4.32. The van der Waals surface area contributed by atoms with Crippen LogP contribution in [0.4, 0.5) is 8.78 Å². The third-order valence-electron chi connectivity index (χ3n) is 2.94. The fourth-order valence-corrected chi connectivity index (χ4v) is 2.36. The monoisotopic (exact) mass is 359 g/mol. The Morgan fingerprint density at radius 2 is 1.90 bits per heavy atom.